The molecule has 1 N–H and O–H groups in total. The minimum atomic E-state index is -0.482. The van der Waals surface area contributed by atoms with E-state index in [9.17, 15) is 14.0 Å². The second kappa shape index (κ2) is 5.25. The van der Waals surface area contributed by atoms with Crippen LogP contribution in [0.4, 0.5) is 4.39 Å². The molecule has 3 heterocycles. The van der Waals surface area contributed by atoms with Gasteiger partial charge in [-0.2, -0.15) is 0 Å². The predicted molar refractivity (Wildman–Crippen MR) is 89.4 cm³/mol. The normalized spacial score (nSPS) is 11.2. The van der Waals surface area contributed by atoms with E-state index in [0.29, 0.717) is 25.2 Å². The molecule has 0 saturated carbocycles. The lowest BCUT2D eigenvalue weighted by atomic mass is 10.2. The van der Waals surface area contributed by atoms with Crippen molar-refractivity contribution in [1.82, 2.24) is 9.66 Å². The van der Waals surface area contributed by atoms with Crippen molar-refractivity contribution in [2.45, 2.75) is 0 Å². The van der Waals surface area contributed by atoms with Gasteiger partial charge in [0.2, 0.25) is 0 Å². The molecule has 0 atom stereocenters. The maximum Gasteiger partial charge on any atom is 0.280 e. The van der Waals surface area contributed by atoms with Gasteiger partial charge >= 0.3 is 0 Å². The second-order valence-corrected chi connectivity index (χ2v) is 6.74. The van der Waals surface area contributed by atoms with Crippen molar-refractivity contribution < 1.29 is 9.18 Å². The molecule has 5 nitrogen and oxygen atoms in total. The summed E-state index contributed by atoms with van der Waals surface area (Å²) >= 11 is 2.52. The third kappa shape index (κ3) is 2.32. The van der Waals surface area contributed by atoms with E-state index in [1.54, 1.807) is 23.6 Å². The van der Waals surface area contributed by atoms with E-state index in [-0.39, 0.29) is 11.4 Å². The Morgan fingerprint density at radius 2 is 2.13 bits per heavy atom. The molecule has 0 aliphatic rings. The fraction of sp³-hybridized carbons (Fsp3) is 0. The van der Waals surface area contributed by atoms with Crippen LogP contribution in [-0.4, -0.2) is 15.6 Å². The van der Waals surface area contributed by atoms with Crippen LogP contribution in [0.3, 0.4) is 0 Å². The molecule has 0 spiro atoms. The Labute approximate surface area is 136 Å². The first-order valence-electron chi connectivity index (χ1n) is 6.58. The number of hydrogen-bond acceptors (Lipinski definition) is 5. The zero-order chi connectivity index (χ0) is 16.0. The Morgan fingerprint density at radius 3 is 2.96 bits per heavy atom. The van der Waals surface area contributed by atoms with Gasteiger partial charge < -0.3 is 0 Å². The Balaban J connectivity index is 1.71. The molecule has 4 rings (SSSR count). The zero-order valence-electron chi connectivity index (χ0n) is 11.4. The molecule has 0 fully saturated rings. The average Bonchev–Trinajstić information content (AvgIpc) is 3.17. The quantitative estimate of drug-likeness (QED) is 0.607. The van der Waals surface area contributed by atoms with Crippen LogP contribution in [-0.2, 0) is 0 Å². The van der Waals surface area contributed by atoms with Gasteiger partial charge in [-0.15, -0.1) is 22.7 Å². The van der Waals surface area contributed by atoms with E-state index in [1.807, 2.05) is 0 Å². The lowest BCUT2D eigenvalue weighted by molar-refractivity contribution is 0.101. The second-order valence-electron chi connectivity index (χ2n) is 4.76. The molecule has 114 valence electrons. The van der Waals surface area contributed by atoms with Crippen LogP contribution in [0, 0.1) is 5.82 Å². The third-order valence-corrected chi connectivity index (χ3v) is 5.26. The first kappa shape index (κ1) is 14.0. The summed E-state index contributed by atoms with van der Waals surface area (Å²) in [6, 6.07) is 7.81. The fourth-order valence-electron chi connectivity index (χ4n) is 2.24. The van der Waals surface area contributed by atoms with Crippen molar-refractivity contribution in [2.24, 2.45) is 0 Å². The molecule has 1 aromatic carbocycles. The maximum absolute atomic E-state index is 13.7. The van der Waals surface area contributed by atoms with Gasteiger partial charge in [-0.1, -0.05) is 6.07 Å². The van der Waals surface area contributed by atoms with Gasteiger partial charge in [0.1, 0.15) is 17.0 Å². The van der Waals surface area contributed by atoms with Crippen molar-refractivity contribution >= 4 is 48.9 Å². The highest BCUT2D eigenvalue weighted by Gasteiger charge is 2.14. The predicted octanol–water partition coefficient (Wildman–Crippen LogP) is 3.20. The van der Waals surface area contributed by atoms with Gasteiger partial charge in [0.15, 0.2) is 0 Å². The number of carbonyl (C=O) groups is 1. The number of halogens is 1. The van der Waals surface area contributed by atoms with Gasteiger partial charge in [-0.05, 0) is 29.6 Å². The first-order chi connectivity index (χ1) is 11.1. The number of carbonyl (C=O) groups excluding carboxylic acids is 1. The Kier molecular flexibility index (Phi) is 3.21. The summed E-state index contributed by atoms with van der Waals surface area (Å²) in [5, 5.41) is 2.60. The number of amides is 1. The first-order valence-corrected chi connectivity index (χ1v) is 8.27. The minimum absolute atomic E-state index is 0.322. The fourth-order valence-corrected chi connectivity index (χ4v) is 3.93. The molecule has 0 aliphatic carbocycles. The summed E-state index contributed by atoms with van der Waals surface area (Å²) in [4.78, 5) is 29.6. The van der Waals surface area contributed by atoms with Gasteiger partial charge in [0.25, 0.3) is 11.5 Å². The summed E-state index contributed by atoms with van der Waals surface area (Å²) in [6.07, 6.45) is 1.27. The van der Waals surface area contributed by atoms with Crippen LogP contribution in [0.5, 0.6) is 0 Å². The largest absolute Gasteiger partial charge is 0.280 e. The number of benzene rings is 1. The van der Waals surface area contributed by atoms with Crippen molar-refractivity contribution in [3.05, 3.63) is 63.1 Å². The van der Waals surface area contributed by atoms with Crippen LogP contribution in [0.15, 0.2) is 46.8 Å². The molecule has 4 aromatic rings. The zero-order valence-corrected chi connectivity index (χ0v) is 13.1. The SMILES string of the molecule is O=C(Nn1cnc2sccc2c1=O)c1cc2c(F)cccc2s1. The minimum Gasteiger partial charge on any atom is -0.267 e. The number of hydrogen-bond donors (Lipinski definition) is 1. The van der Waals surface area contributed by atoms with Gasteiger partial charge in [0.05, 0.1) is 10.3 Å². The lowest BCUT2D eigenvalue weighted by Crippen LogP contribution is -2.32. The van der Waals surface area contributed by atoms with E-state index in [2.05, 4.69) is 10.4 Å². The summed E-state index contributed by atoms with van der Waals surface area (Å²) in [6.45, 7) is 0. The molecule has 1 amide bonds. The number of thiophene rings is 2. The summed E-state index contributed by atoms with van der Waals surface area (Å²) in [7, 11) is 0. The molecule has 0 unspecified atom stereocenters. The topological polar surface area (TPSA) is 64.0 Å². The van der Waals surface area contributed by atoms with Crippen LogP contribution >= 0.6 is 22.7 Å². The highest BCUT2D eigenvalue weighted by Crippen LogP contribution is 2.27. The molecule has 3 aromatic heterocycles. The van der Waals surface area contributed by atoms with E-state index >= 15 is 0 Å². The molecule has 0 bridgehead atoms. The Morgan fingerprint density at radius 1 is 1.26 bits per heavy atom. The summed E-state index contributed by atoms with van der Waals surface area (Å²) in [5.41, 5.74) is 2.13. The van der Waals surface area contributed by atoms with Crippen LogP contribution in [0.2, 0.25) is 0 Å². The molecule has 0 saturated heterocycles. The van der Waals surface area contributed by atoms with Gasteiger partial charge in [-0.25, -0.2) is 14.1 Å². The van der Waals surface area contributed by atoms with Crippen LogP contribution < -0.4 is 11.0 Å². The smallest absolute Gasteiger partial charge is 0.267 e. The monoisotopic (exact) mass is 345 g/mol. The van der Waals surface area contributed by atoms with Crippen molar-refractivity contribution in [1.29, 1.82) is 0 Å². The molecule has 0 aliphatic heterocycles. The number of rotatable bonds is 2. The molecule has 8 heteroatoms. The van der Waals surface area contributed by atoms with Crippen molar-refractivity contribution in [3.63, 3.8) is 0 Å². The maximum atomic E-state index is 13.7. The third-order valence-electron chi connectivity index (χ3n) is 3.34. The number of nitrogens with one attached hydrogen (secondary N) is 1. The van der Waals surface area contributed by atoms with Crippen LogP contribution in [0.25, 0.3) is 20.3 Å². The number of fused-ring (bicyclic) bond motifs is 2. The highest BCUT2D eigenvalue weighted by molar-refractivity contribution is 7.20. The lowest BCUT2D eigenvalue weighted by Gasteiger charge is -2.05. The number of nitrogens with zero attached hydrogens (tertiary/aromatic N) is 2. The van der Waals surface area contributed by atoms with Crippen molar-refractivity contribution in [2.75, 3.05) is 5.43 Å². The molecular weight excluding hydrogens is 337 g/mol. The van der Waals surface area contributed by atoms with Gasteiger partial charge in [0, 0.05) is 10.1 Å². The van der Waals surface area contributed by atoms with E-state index in [0.717, 1.165) is 16.0 Å². The Hall–Kier alpha value is -2.58. The molecular formula is C15H8FN3O2S2. The summed E-state index contributed by atoms with van der Waals surface area (Å²) in [5.74, 6) is -0.861. The number of aromatic nitrogens is 2. The summed E-state index contributed by atoms with van der Waals surface area (Å²) < 4.78 is 15.4. The molecule has 0 radical (unpaired) electrons. The standard InChI is InChI=1S/C15H8FN3O2S2/c16-10-2-1-3-11-9(10)6-12(23-11)13(20)18-19-7-17-14-8(15(19)21)4-5-22-14/h1-7H,(H,18,20). The van der Waals surface area contributed by atoms with E-state index in [1.165, 1.54) is 29.8 Å². The van der Waals surface area contributed by atoms with E-state index < -0.39 is 5.91 Å². The van der Waals surface area contributed by atoms with E-state index in [4.69, 9.17) is 0 Å². The average molecular weight is 345 g/mol. The van der Waals surface area contributed by atoms with Crippen molar-refractivity contribution in [3.8, 4) is 0 Å². The highest BCUT2D eigenvalue weighted by atomic mass is 32.1. The van der Waals surface area contributed by atoms with Gasteiger partial charge in [-0.3, -0.25) is 15.0 Å². The Bertz CT molecular complexity index is 1110. The van der Waals surface area contributed by atoms with Crippen LogP contribution in [0.1, 0.15) is 9.67 Å². The molecule has 23 heavy (non-hydrogen) atoms.